The molecule has 7 heteroatoms. The maximum Gasteiger partial charge on any atom is 0.338 e. The summed E-state index contributed by atoms with van der Waals surface area (Å²) in [6, 6.07) is 3.77. The van der Waals surface area contributed by atoms with Gasteiger partial charge in [-0.05, 0) is 24.6 Å². The van der Waals surface area contributed by atoms with Crippen molar-refractivity contribution in [3.63, 3.8) is 0 Å². The molecule has 2 aromatic rings. The van der Waals surface area contributed by atoms with Crippen molar-refractivity contribution in [1.82, 2.24) is 9.78 Å². The van der Waals surface area contributed by atoms with E-state index in [1.807, 2.05) is 6.92 Å². The van der Waals surface area contributed by atoms with Gasteiger partial charge in [-0.2, -0.15) is 5.10 Å². The average Bonchev–Trinajstić information content (AvgIpc) is 2.73. The number of ether oxygens (including phenoxy) is 1. The lowest BCUT2D eigenvalue weighted by molar-refractivity contribution is 0.0463. The van der Waals surface area contributed by atoms with Crippen LogP contribution in [0.2, 0.25) is 5.02 Å². The average molecular weight is 312 g/mol. The standard InChI is InChI=1S/C14H15ClFN3O2/c1-3-11-13(15)12(19(2)18-11)7-21-14(20)8-4-5-10(17)9(16)6-8/h4-6H,3,7,17H2,1-2H3. The van der Waals surface area contributed by atoms with Crippen molar-refractivity contribution in [2.45, 2.75) is 20.0 Å². The monoisotopic (exact) mass is 311 g/mol. The summed E-state index contributed by atoms with van der Waals surface area (Å²) in [5, 5.41) is 4.70. The van der Waals surface area contributed by atoms with Crippen molar-refractivity contribution < 1.29 is 13.9 Å². The van der Waals surface area contributed by atoms with Crippen molar-refractivity contribution >= 4 is 23.3 Å². The van der Waals surface area contributed by atoms with E-state index in [1.54, 1.807) is 11.7 Å². The lowest BCUT2D eigenvalue weighted by Gasteiger charge is -2.06. The van der Waals surface area contributed by atoms with E-state index in [9.17, 15) is 9.18 Å². The van der Waals surface area contributed by atoms with Crippen LogP contribution in [0.5, 0.6) is 0 Å². The van der Waals surface area contributed by atoms with Gasteiger partial charge in [0.2, 0.25) is 0 Å². The van der Waals surface area contributed by atoms with Crippen molar-refractivity contribution in [1.29, 1.82) is 0 Å². The van der Waals surface area contributed by atoms with E-state index in [2.05, 4.69) is 5.10 Å². The number of rotatable bonds is 4. The highest BCUT2D eigenvalue weighted by atomic mass is 35.5. The van der Waals surface area contributed by atoms with Gasteiger partial charge in [0.1, 0.15) is 12.4 Å². The van der Waals surface area contributed by atoms with Gasteiger partial charge in [-0.15, -0.1) is 0 Å². The van der Waals surface area contributed by atoms with Crippen LogP contribution in [0.4, 0.5) is 10.1 Å². The van der Waals surface area contributed by atoms with E-state index >= 15 is 0 Å². The molecular formula is C14H15ClFN3O2. The molecule has 2 N–H and O–H groups in total. The molecule has 0 fully saturated rings. The van der Waals surface area contributed by atoms with Gasteiger partial charge in [0.15, 0.2) is 0 Å². The van der Waals surface area contributed by atoms with Gasteiger partial charge in [-0.3, -0.25) is 4.68 Å². The van der Waals surface area contributed by atoms with Gasteiger partial charge in [0, 0.05) is 7.05 Å². The zero-order valence-electron chi connectivity index (χ0n) is 11.7. The third-order valence-corrected chi connectivity index (χ3v) is 3.52. The largest absolute Gasteiger partial charge is 0.456 e. The molecular weight excluding hydrogens is 297 g/mol. The molecule has 0 aliphatic rings. The second kappa shape index (κ2) is 6.13. The first-order valence-electron chi connectivity index (χ1n) is 6.36. The number of hydrogen-bond acceptors (Lipinski definition) is 4. The molecule has 5 nitrogen and oxygen atoms in total. The van der Waals surface area contributed by atoms with Gasteiger partial charge in [0.25, 0.3) is 0 Å². The topological polar surface area (TPSA) is 70.1 Å². The Kier molecular flexibility index (Phi) is 4.47. The number of nitrogens with zero attached hydrogens (tertiary/aromatic N) is 2. The number of carbonyl (C=O) groups excluding carboxylic acids is 1. The number of carbonyl (C=O) groups is 1. The molecule has 1 aromatic carbocycles. The van der Waals surface area contributed by atoms with E-state index in [1.165, 1.54) is 12.1 Å². The normalized spacial score (nSPS) is 10.7. The van der Waals surface area contributed by atoms with Crippen LogP contribution in [0.25, 0.3) is 0 Å². The van der Waals surface area contributed by atoms with Gasteiger partial charge >= 0.3 is 5.97 Å². The maximum absolute atomic E-state index is 13.3. The Morgan fingerprint density at radius 3 is 2.81 bits per heavy atom. The zero-order chi connectivity index (χ0) is 15.6. The number of aryl methyl sites for hydroxylation is 2. The van der Waals surface area contributed by atoms with Crippen LogP contribution in [-0.4, -0.2) is 15.7 Å². The molecule has 0 bridgehead atoms. The van der Waals surface area contributed by atoms with Crippen LogP contribution < -0.4 is 5.73 Å². The maximum atomic E-state index is 13.3. The molecule has 21 heavy (non-hydrogen) atoms. The van der Waals surface area contributed by atoms with Gasteiger partial charge in [-0.25, -0.2) is 9.18 Å². The summed E-state index contributed by atoms with van der Waals surface area (Å²) in [7, 11) is 1.72. The molecule has 0 unspecified atom stereocenters. The van der Waals surface area contributed by atoms with Gasteiger partial charge in [-0.1, -0.05) is 18.5 Å². The van der Waals surface area contributed by atoms with Crippen LogP contribution in [0, 0.1) is 5.82 Å². The number of aromatic nitrogens is 2. The number of nitrogens with two attached hydrogens (primary N) is 1. The molecule has 0 aliphatic carbocycles. The molecule has 2 rings (SSSR count). The fraction of sp³-hybridized carbons (Fsp3) is 0.286. The van der Waals surface area contributed by atoms with E-state index in [0.717, 1.165) is 11.8 Å². The molecule has 0 saturated heterocycles. The second-order valence-corrected chi connectivity index (χ2v) is 4.87. The van der Waals surface area contributed by atoms with Gasteiger partial charge < -0.3 is 10.5 Å². The number of nitrogen functional groups attached to an aromatic ring is 1. The van der Waals surface area contributed by atoms with Crippen LogP contribution >= 0.6 is 11.6 Å². The zero-order valence-corrected chi connectivity index (χ0v) is 12.4. The molecule has 1 aromatic heterocycles. The number of benzene rings is 1. The molecule has 0 amide bonds. The van der Waals surface area contributed by atoms with Crippen molar-refractivity contribution in [2.24, 2.45) is 7.05 Å². The Balaban J connectivity index is 2.11. The summed E-state index contributed by atoms with van der Waals surface area (Å²) >= 11 is 6.15. The summed E-state index contributed by atoms with van der Waals surface area (Å²) < 4.78 is 20.0. The second-order valence-electron chi connectivity index (χ2n) is 4.50. The van der Waals surface area contributed by atoms with Crippen LogP contribution in [0.3, 0.4) is 0 Å². The molecule has 1 heterocycles. The van der Waals surface area contributed by atoms with Crippen molar-refractivity contribution in [3.05, 3.63) is 46.0 Å². The fourth-order valence-electron chi connectivity index (χ4n) is 1.85. The number of anilines is 1. The smallest absolute Gasteiger partial charge is 0.338 e. The fourth-order valence-corrected chi connectivity index (χ4v) is 2.20. The first-order chi connectivity index (χ1) is 9.93. The SMILES string of the molecule is CCc1nn(C)c(COC(=O)c2ccc(N)c(F)c2)c1Cl. The Morgan fingerprint density at radius 2 is 2.24 bits per heavy atom. The first kappa shape index (κ1) is 15.3. The van der Waals surface area contributed by atoms with E-state index in [4.69, 9.17) is 22.1 Å². The Bertz CT molecular complexity index is 685. The van der Waals surface area contributed by atoms with Crippen molar-refractivity contribution in [2.75, 3.05) is 5.73 Å². The summed E-state index contributed by atoms with van der Waals surface area (Å²) in [5.41, 5.74) is 6.76. The predicted octanol–water partition coefficient (Wildman–Crippen LogP) is 2.71. The highest BCUT2D eigenvalue weighted by Gasteiger charge is 2.16. The summed E-state index contributed by atoms with van der Waals surface area (Å²) in [4.78, 5) is 11.9. The molecule has 0 radical (unpaired) electrons. The summed E-state index contributed by atoms with van der Waals surface area (Å²) in [5.74, 6) is -1.31. The van der Waals surface area contributed by atoms with Crippen LogP contribution in [0.15, 0.2) is 18.2 Å². The predicted molar refractivity (Wildman–Crippen MR) is 77.5 cm³/mol. The van der Waals surface area contributed by atoms with Crippen molar-refractivity contribution in [3.8, 4) is 0 Å². The van der Waals surface area contributed by atoms with Gasteiger partial charge in [0.05, 0.1) is 27.7 Å². The third-order valence-electron chi connectivity index (χ3n) is 3.08. The quantitative estimate of drug-likeness (QED) is 0.696. The van der Waals surface area contributed by atoms with E-state index in [-0.39, 0.29) is 17.9 Å². The number of hydrogen-bond donors (Lipinski definition) is 1. The molecule has 0 aliphatic heterocycles. The minimum absolute atomic E-state index is 0.0196. The number of esters is 1. The molecule has 112 valence electrons. The first-order valence-corrected chi connectivity index (χ1v) is 6.74. The third kappa shape index (κ3) is 3.16. The number of halogens is 2. The molecule has 0 spiro atoms. The minimum Gasteiger partial charge on any atom is -0.456 e. The highest BCUT2D eigenvalue weighted by molar-refractivity contribution is 6.31. The van der Waals surface area contributed by atoms with Crippen LogP contribution in [0.1, 0.15) is 28.7 Å². The Labute approximate surface area is 126 Å². The van der Waals surface area contributed by atoms with E-state index in [0.29, 0.717) is 17.1 Å². The van der Waals surface area contributed by atoms with E-state index < -0.39 is 11.8 Å². The minimum atomic E-state index is -0.656. The molecule has 0 saturated carbocycles. The summed E-state index contributed by atoms with van der Waals surface area (Å²) in [6.45, 7) is 1.90. The van der Waals surface area contributed by atoms with Crippen LogP contribution in [-0.2, 0) is 24.8 Å². The highest BCUT2D eigenvalue weighted by Crippen LogP contribution is 2.22. The molecule has 0 atom stereocenters. The Hall–Kier alpha value is -2.08. The lowest BCUT2D eigenvalue weighted by Crippen LogP contribution is -2.09. The summed E-state index contributed by atoms with van der Waals surface area (Å²) in [6.07, 6.45) is 0.684. The Morgan fingerprint density at radius 1 is 1.52 bits per heavy atom. The lowest BCUT2D eigenvalue weighted by atomic mass is 10.2.